The molecule has 0 bridgehead atoms. The van der Waals surface area contributed by atoms with Crippen LogP contribution in [0.15, 0.2) is 4.99 Å². The van der Waals surface area contributed by atoms with Gasteiger partial charge in [0, 0.05) is 0 Å². The first-order chi connectivity index (χ1) is 3.50. The first-order valence-electron chi connectivity index (χ1n) is 1.80. The number of hydrogen-bond donors (Lipinski definition) is 1. The first-order valence-corrected chi connectivity index (χ1v) is 1.80. The van der Waals surface area contributed by atoms with Crippen LogP contribution in [0.3, 0.4) is 0 Å². The predicted octanol–water partition coefficient (Wildman–Crippen LogP) is 0.376. The standard InChI is InChI=1S/C3H5NO.HNO/c1-2-5-3-4-1;1-2/h3H,1-2H2;1H. The van der Waals surface area contributed by atoms with Gasteiger partial charge in [-0.2, -0.15) is 4.91 Å². The molecule has 0 aromatic heterocycles. The molecule has 1 aliphatic rings. The van der Waals surface area contributed by atoms with Crippen molar-refractivity contribution >= 4 is 6.40 Å². The lowest BCUT2D eigenvalue weighted by molar-refractivity contribution is 0.361. The van der Waals surface area contributed by atoms with Crippen molar-refractivity contribution in [1.82, 2.24) is 0 Å². The van der Waals surface area contributed by atoms with E-state index in [0.717, 1.165) is 13.2 Å². The van der Waals surface area contributed by atoms with Gasteiger partial charge in [-0.25, -0.2) is 0 Å². The van der Waals surface area contributed by atoms with Crippen LogP contribution in [0.25, 0.3) is 0 Å². The lowest BCUT2D eigenvalue weighted by atomic mass is 10.8. The van der Waals surface area contributed by atoms with Crippen LogP contribution in [0.4, 0.5) is 0 Å². The second-order valence-corrected chi connectivity index (χ2v) is 0.882. The highest BCUT2D eigenvalue weighted by atomic mass is 16.5. The summed E-state index contributed by atoms with van der Waals surface area (Å²) in [6.45, 7) is 1.62. The van der Waals surface area contributed by atoms with Gasteiger partial charge in [0.2, 0.25) is 0 Å². The Balaban J connectivity index is 0.000000162. The minimum Gasteiger partial charge on any atom is -0.482 e. The number of ether oxygens (including phenoxy) is 1. The van der Waals surface area contributed by atoms with Crippen molar-refractivity contribution in [3.63, 3.8) is 0 Å². The van der Waals surface area contributed by atoms with Crippen molar-refractivity contribution in [2.75, 3.05) is 13.2 Å². The zero-order valence-electron chi connectivity index (χ0n) is 3.76. The van der Waals surface area contributed by atoms with E-state index >= 15 is 0 Å². The van der Waals surface area contributed by atoms with E-state index in [1.165, 1.54) is 6.40 Å². The van der Waals surface area contributed by atoms with E-state index in [4.69, 9.17) is 4.91 Å². The third kappa shape index (κ3) is 2.88. The number of aliphatic imine (C=N–C) groups is 1. The second-order valence-electron chi connectivity index (χ2n) is 0.882. The Morgan fingerprint density at radius 1 is 1.71 bits per heavy atom. The molecule has 0 radical (unpaired) electrons. The Morgan fingerprint density at radius 2 is 2.43 bits per heavy atom. The summed E-state index contributed by atoms with van der Waals surface area (Å²) in [5.41, 5.74) is 4.50. The number of nitroso groups, excluding NO2 is 1. The van der Waals surface area contributed by atoms with Crippen LogP contribution in [0, 0.1) is 10.5 Å². The monoisotopic (exact) mass is 102 g/mol. The molecule has 0 aliphatic carbocycles. The van der Waals surface area contributed by atoms with E-state index in [1.54, 1.807) is 0 Å². The molecule has 4 nitrogen and oxygen atoms in total. The van der Waals surface area contributed by atoms with Crippen LogP contribution in [0.1, 0.15) is 0 Å². The van der Waals surface area contributed by atoms with Crippen molar-refractivity contribution in [3.8, 4) is 0 Å². The van der Waals surface area contributed by atoms with Gasteiger partial charge in [-0.05, 0) is 0 Å². The molecule has 0 atom stereocenters. The van der Waals surface area contributed by atoms with Gasteiger partial charge in [-0.3, -0.25) is 4.99 Å². The molecule has 0 saturated carbocycles. The fourth-order valence-corrected chi connectivity index (χ4v) is 0.264. The Hall–Kier alpha value is -0.930. The molecule has 0 fully saturated rings. The fourth-order valence-electron chi connectivity index (χ4n) is 0.264. The molecule has 0 aromatic carbocycles. The average Bonchev–Trinajstić information content (AvgIpc) is 2.23. The molecule has 1 aliphatic heterocycles. The maximum atomic E-state index is 7.50. The predicted molar refractivity (Wildman–Crippen MR) is 25.4 cm³/mol. The number of rotatable bonds is 0. The fraction of sp³-hybridized carbons (Fsp3) is 0.667. The van der Waals surface area contributed by atoms with Crippen LogP contribution in [0.2, 0.25) is 0 Å². The topological polar surface area (TPSA) is 62.5 Å². The average molecular weight is 102 g/mol. The van der Waals surface area contributed by atoms with Gasteiger partial charge in [0.25, 0.3) is 0 Å². The zero-order valence-corrected chi connectivity index (χ0v) is 3.76. The Kier molecular flexibility index (Phi) is 4.40. The lowest BCUT2D eigenvalue weighted by Crippen LogP contribution is -1.80. The molecular weight excluding hydrogens is 96.0 g/mol. The van der Waals surface area contributed by atoms with Gasteiger partial charge in [0.05, 0.1) is 6.54 Å². The van der Waals surface area contributed by atoms with E-state index in [1.807, 2.05) is 0 Å². The van der Waals surface area contributed by atoms with Crippen LogP contribution < -0.4 is 0 Å². The maximum absolute atomic E-state index is 7.50. The highest BCUT2D eigenvalue weighted by Gasteiger charge is 1.84. The quantitative estimate of drug-likeness (QED) is 0.449. The third-order valence-corrected chi connectivity index (χ3v) is 0.487. The minimum atomic E-state index is 0.778. The van der Waals surface area contributed by atoms with Crippen LogP contribution in [-0.4, -0.2) is 19.6 Å². The highest BCUT2D eigenvalue weighted by Crippen LogP contribution is 1.78. The molecule has 7 heavy (non-hydrogen) atoms. The van der Waals surface area contributed by atoms with Gasteiger partial charge in [-0.15, -0.1) is 0 Å². The lowest BCUT2D eigenvalue weighted by Gasteiger charge is -1.76. The number of nitrogens with one attached hydrogen (secondary N) is 1. The third-order valence-electron chi connectivity index (χ3n) is 0.487. The Morgan fingerprint density at radius 3 is 2.57 bits per heavy atom. The smallest absolute Gasteiger partial charge is 0.169 e. The molecule has 0 amide bonds. The van der Waals surface area contributed by atoms with Crippen molar-refractivity contribution < 1.29 is 4.74 Å². The largest absolute Gasteiger partial charge is 0.482 e. The summed E-state index contributed by atoms with van der Waals surface area (Å²) >= 11 is 0. The van der Waals surface area contributed by atoms with Crippen LogP contribution in [0.5, 0.6) is 0 Å². The summed E-state index contributed by atoms with van der Waals surface area (Å²) in [6.07, 6.45) is 1.49. The van der Waals surface area contributed by atoms with E-state index in [0.29, 0.717) is 0 Å². The van der Waals surface area contributed by atoms with Gasteiger partial charge in [0.1, 0.15) is 6.61 Å². The molecule has 4 heteroatoms. The summed E-state index contributed by atoms with van der Waals surface area (Å²) in [7, 11) is 0. The first kappa shape index (κ1) is 6.07. The summed E-state index contributed by atoms with van der Waals surface area (Å²) in [5, 5.41) is 0. The maximum Gasteiger partial charge on any atom is 0.169 e. The number of nitrogens with zero attached hydrogens (tertiary/aromatic N) is 1. The van der Waals surface area contributed by atoms with Gasteiger partial charge in [0.15, 0.2) is 6.40 Å². The molecular formula is C3H6N2O2. The summed E-state index contributed by atoms with van der Waals surface area (Å²) in [6, 6.07) is 0. The van der Waals surface area contributed by atoms with Gasteiger partial charge in [-0.1, -0.05) is 5.59 Å². The molecule has 0 aromatic rings. The van der Waals surface area contributed by atoms with Crippen LogP contribution in [-0.2, 0) is 4.74 Å². The number of hydrogen-bond acceptors (Lipinski definition) is 4. The molecule has 1 rings (SSSR count). The molecule has 40 valence electrons. The van der Waals surface area contributed by atoms with E-state index in [-0.39, 0.29) is 0 Å². The SMILES string of the molecule is C1=NCCO1.N=O. The molecule has 1 N–H and O–H groups in total. The van der Waals surface area contributed by atoms with E-state index < -0.39 is 0 Å². The minimum absolute atomic E-state index is 0.778. The molecule has 1 heterocycles. The van der Waals surface area contributed by atoms with E-state index in [9.17, 15) is 0 Å². The van der Waals surface area contributed by atoms with E-state index in [2.05, 4.69) is 15.3 Å². The Bertz CT molecular complexity index is 58.0. The van der Waals surface area contributed by atoms with Gasteiger partial charge >= 0.3 is 0 Å². The zero-order chi connectivity index (χ0) is 5.54. The van der Waals surface area contributed by atoms with Crippen molar-refractivity contribution in [1.29, 1.82) is 5.59 Å². The summed E-state index contributed by atoms with van der Waals surface area (Å²) in [4.78, 5) is 11.2. The molecule has 0 spiro atoms. The summed E-state index contributed by atoms with van der Waals surface area (Å²) < 4.78 is 4.65. The second kappa shape index (κ2) is 5.07. The van der Waals surface area contributed by atoms with Crippen molar-refractivity contribution in [2.45, 2.75) is 0 Å². The normalized spacial score (nSPS) is 14.3. The van der Waals surface area contributed by atoms with Gasteiger partial charge < -0.3 is 4.74 Å². The molecule has 0 saturated heterocycles. The highest BCUT2D eigenvalue weighted by molar-refractivity contribution is 5.47. The van der Waals surface area contributed by atoms with Crippen molar-refractivity contribution in [2.24, 2.45) is 4.99 Å². The van der Waals surface area contributed by atoms with Crippen LogP contribution >= 0.6 is 0 Å². The molecule has 0 unspecified atom stereocenters. The Labute approximate surface area is 41.0 Å². The van der Waals surface area contributed by atoms with Crippen molar-refractivity contribution in [3.05, 3.63) is 4.91 Å². The summed E-state index contributed by atoms with van der Waals surface area (Å²) in [5.74, 6) is 0.